The van der Waals surface area contributed by atoms with Gasteiger partial charge in [-0.25, -0.2) is 8.93 Å². The van der Waals surface area contributed by atoms with Crippen LogP contribution in [0.5, 0.6) is 0 Å². The number of halogens is 1. The molecule has 1 aromatic carbocycles. The first-order valence-corrected chi connectivity index (χ1v) is 8.61. The Hall–Kier alpha value is -1.17. The second-order valence-electron chi connectivity index (χ2n) is 6.39. The third kappa shape index (κ3) is 3.42. The summed E-state index contributed by atoms with van der Waals surface area (Å²) in [5.74, 6) is 0. The zero-order valence-electron chi connectivity index (χ0n) is 13.4. The molecule has 0 radical (unpaired) electrons. The van der Waals surface area contributed by atoms with E-state index in [1.54, 1.807) is 17.7 Å². The second kappa shape index (κ2) is 6.14. The van der Waals surface area contributed by atoms with Crippen molar-refractivity contribution in [3.63, 3.8) is 0 Å². The standard InChI is InChI=1S/C16H21ClN2O2S/c1-10(18-22(21)16(2,3)4)13-9-11-8-12(17)6-7-14(11)19(5)15(13)20/h6-10,18H,1-5H3/t10-,22-/m0/s1. The van der Waals surface area contributed by atoms with Gasteiger partial charge < -0.3 is 4.57 Å². The molecule has 1 N–H and O–H groups in total. The molecule has 0 aliphatic heterocycles. The third-order valence-electron chi connectivity index (χ3n) is 3.52. The van der Waals surface area contributed by atoms with Gasteiger partial charge >= 0.3 is 0 Å². The molecular formula is C16H21ClN2O2S. The summed E-state index contributed by atoms with van der Waals surface area (Å²) in [5, 5.41) is 1.51. The van der Waals surface area contributed by atoms with Crippen LogP contribution in [0.15, 0.2) is 29.1 Å². The highest BCUT2D eigenvalue weighted by atomic mass is 35.5. The molecule has 0 saturated heterocycles. The summed E-state index contributed by atoms with van der Waals surface area (Å²) in [6, 6.07) is 6.92. The Bertz CT molecular complexity index is 793. The average molecular weight is 341 g/mol. The minimum Gasteiger partial charge on any atom is -0.311 e. The number of benzene rings is 1. The molecule has 0 amide bonds. The van der Waals surface area contributed by atoms with Crippen LogP contribution in [0.1, 0.15) is 39.3 Å². The van der Waals surface area contributed by atoms with Crippen LogP contribution in [0.2, 0.25) is 5.02 Å². The monoisotopic (exact) mass is 340 g/mol. The van der Waals surface area contributed by atoms with Crippen LogP contribution in [-0.2, 0) is 18.0 Å². The summed E-state index contributed by atoms with van der Waals surface area (Å²) >= 11 is 6.04. The molecule has 0 saturated carbocycles. The Kier molecular flexibility index (Phi) is 4.80. The predicted octanol–water partition coefficient (Wildman–Crippen LogP) is 3.30. The van der Waals surface area contributed by atoms with Crippen molar-refractivity contribution < 1.29 is 4.21 Å². The maximum Gasteiger partial charge on any atom is 0.255 e. The molecule has 1 aromatic heterocycles. The number of nitrogens with one attached hydrogen (secondary N) is 1. The maximum atomic E-state index is 12.5. The topological polar surface area (TPSA) is 51.1 Å². The van der Waals surface area contributed by atoms with E-state index < -0.39 is 11.0 Å². The van der Waals surface area contributed by atoms with Crippen molar-refractivity contribution in [3.8, 4) is 0 Å². The van der Waals surface area contributed by atoms with E-state index in [2.05, 4.69) is 4.72 Å². The molecule has 2 rings (SSSR count). The fourth-order valence-corrected chi connectivity index (χ4v) is 3.17. The molecule has 0 bridgehead atoms. The molecule has 120 valence electrons. The highest BCUT2D eigenvalue weighted by molar-refractivity contribution is 7.84. The lowest BCUT2D eigenvalue weighted by atomic mass is 10.1. The van der Waals surface area contributed by atoms with Crippen molar-refractivity contribution in [1.82, 2.24) is 9.29 Å². The van der Waals surface area contributed by atoms with Crippen LogP contribution >= 0.6 is 11.6 Å². The number of fused-ring (bicyclic) bond motifs is 1. The Morgan fingerprint density at radius 3 is 2.50 bits per heavy atom. The van der Waals surface area contributed by atoms with Crippen molar-refractivity contribution in [3.05, 3.63) is 45.2 Å². The number of hydrogen-bond acceptors (Lipinski definition) is 2. The second-order valence-corrected chi connectivity index (χ2v) is 8.82. The van der Waals surface area contributed by atoms with Gasteiger partial charge in [0.15, 0.2) is 0 Å². The Balaban J connectivity index is 2.49. The van der Waals surface area contributed by atoms with Gasteiger partial charge in [-0.05, 0) is 52.0 Å². The zero-order valence-corrected chi connectivity index (χ0v) is 15.0. The van der Waals surface area contributed by atoms with Crippen LogP contribution in [-0.4, -0.2) is 13.5 Å². The van der Waals surface area contributed by atoms with Crippen molar-refractivity contribution in [2.75, 3.05) is 0 Å². The number of nitrogens with zero attached hydrogens (tertiary/aromatic N) is 1. The van der Waals surface area contributed by atoms with Gasteiger partial charge in [-0.1, -0.05) is 11.6 Å². The molecule has 2 aromatic rings. The van der Waals surface area contributed by atoms with Gasteiger partial charge in [0.05, 0.1) is 21.2 Å². The summed E-state index contributed by atoms with van der Waals surface area (Å²) in [5.41, 5.74) is 1.30. The van der Waals surface area contributed by atoms with Crippen molar-refractivity contribution in [2.24, 2.45) is 7.05 Å². The molecule has 0 fully saturated rings. The van der Waals surface area contributed by atoms with Crippen molar-refractivity contribution in [2.45, 2.75) is 38.5 Å². The van der Waals surface area contributed by atoms with Crippen LogP contribution in [0.25, 0.3) is 10.9 Å². The smallest absolute Gasteiger partial charge is 0.255 e. The number of hydrogen-bond donors (Lipinski definition) is 1. The quantitative estimate of drug-likeness (QED) is 0.932. The van der Waals surface area contributed by atoms with Crippen LogP contribution in [0.3, 0.4) is 0 Å². The van der Waals surface area contributed by atoms with E-state index in [1.807, 2.05) is 45.9 Å². The molecule has 6 heteroatoms. The SMILES string of the molecule is C[C@H](N[S@@](=O)C(C)(C)C)c1cc2cc(Cl)ccc2n(C)c1=O. The zero-order chi connectivity index (χ0) is 16.7. The van der Waals surface area contributed by atoms with E-state index in [9.17, 15) is 9.00 Å². The molecular weight excluding hydrogens is 320 g/mol. The number of rotatable bonds is 3. The minimum absolute atomic E-state index is 0.0965. The van der Waals surface area contributed by atoms with Gasteiger partial charge in [-0.2, -0.15) is 0 Å². The van der Waals surface area contributed by atoms with Gasteiger partial charge in [0.25, 0.3) is 5.56 Å². The lowest BCUT2D eigenvalue weighted by Crippen LogP contribution is -2.37. The average Bonchev–Trinajstić information content (AvgIpc) is 2.41. The largest absolute Gasteiger partial charge is 0.311 e. The highest BCUT2D eigenvalue weighted by Gasteiger charge is 2.23. The van der Waals surface area contributed by atoms with Crippen molar-refractivity contribution >= 4 is 33.5 Å². The summed E-state index contributed by atoms with van der Waals surface area (Å²) in [7, 11) is 0.487. The van der Waals surface area contributed by atoms with Gasteiger partial charge in [-0.3, -0.25) is 4.79 Å². The van der Waals surface area contributed by atoms with Gasteiger partial charge in [0.1, 0.15) is 0 Å². The van der Waals surface area contributed by atoms with Gasteiger partial charge in [0.2, 0.25) is 0 Å². The normalized spacial score (nSPS) is 15.0. The number of pyridine rings is 1. The minimum atomic E-state index is -1.25. The lowest BCUT2D eigenvalue weighted by molar-refractivity contribution is 0.613. The Morgan fingerprint density at radius 1 is 1.27 bits per heavy atom. The first-order chi connectivity index (χ1) is 10.1. The van der Waals surface area contributed by atoms with Crippen molar-refractivity contribution in [1.29, 1.82) is 0 Å². The van der Waals surface area contributed by atoms with E-state index in [-0.39, 0.29) is 16.3 Å². The molecule has 1 heterocycles. The molecule has 0 spiro atoms. The molecule has 4 nitrogen and oxygen atoms in total. The van der Waals surface area contributed by atoms with Crippen LogP contribution in [0, 0.1) is 0 Å². The van der Waals surface area contributed by atoms with E-state index in [4.69, 9.17) is 11.6 Å². The Morgan fingerprint density at radius 2 is 1.91 bits per heavy atom. The molecule has 22 heavy (non-hydrogen) atoms. The van der Waals surface area contributed by atoms with E-state index in [0.717, 1.165) is 10.9 Å². The third-order valence-corrected chi connectivity index (χ3v) is 5.44. The first-order valence-electron chi connectivity index (χ1n) is 7.08. The summed E-state index contributed by atoms with van der Waals surface area (Å²) in [6.45, 7) is 7.51. The fourth-order valence-electron chi connectivity index (χ4n) is 2.19. The van der Waals surface area contributed by atoms with E-state index in [0.29, 0.717) is 10.6 Å². The lowest BCUT2D eigenvalue weighted by Gasteiger charge is -2.22. The summed E-state index contributed by atoms with van der Waals surface area (Å²) in [4.78, 5) is 12.5. The predicted molar refractivity (Wildman–Crippen MR) is 93.6 cm³/mol. The van der Waals surface area contributed by atoms with E-state index >= 15 is 0 Å². The highest BCUT2D eigenvalue weighted by Crippen LogP contribution is 2.21. The Labute approximate surface area is 138 Å². The number of aromatic nitrogens is 1. The number of aryl methyl sites for hydroxylation is 1. The maximum absolute atomic E-state index is 12.5. The van der Waals surface area contributed by atoms with Gasteiger partial charge in [-0.15, -0.1) is 0 Å². The van der Waals surface area contributed by atoms with Crippen LogP contribution in [0.4, 0.5) is 0 Å². The fraction of sp³-hybridized carbons (Fsp3) is 0.438. The molecule has 0 aliphatic rings. The first kappa shape index (κ1) is 17.2. The summed E-state index contributed by atoms with van der Waals surface area (Å²) < 4.78 is 16.4. The van der Waals surface area contributed by atoms with Crippen LogP contribution < -0.4 is 10.3 Å². The molecule has 0 unspecified atom stereocenters. The summed E-state index contributed by atoms with van der Waals surface area (Å²) in [6.07, 6.45) is 0. The molecule has 0 aliphatic carbocycles. The molecule has 2 atom stereocenters. The van der Waals surface area contributed by atoms with E-state index in [1.165, 1.54) is 0 Å². The van der Waals surface area contributed by atoms with Gasteiger partial charge in [0, 0.05) is 29.1 Å².